The van der Waals surface area contributed by atoms with Crippen molar-refractivity contribution in [1.82, 2.24) is 15.1 Å². The second-order valence-electron chi connectivity index (χ2n) is 6.87. The molecule has 2 aromatic carbocycles. The van der Waals surface area contributed by atoms with E-state index in [9.17, 15) is 4.79 Å². The molecule has 0 aromatic heterocycles. The van der Waals surface area contributed by atoms with E-state index in [0.717, 1.165) is 45.7 Å². The fraction of sp³-hybridized carbons (Fsp3) is 0.450. The number of amides is 1. The fourth-order valence-corrected chi connectivity index (χ4v) is 4.65. The molecule has 132 valence electrons. The molecule has 0 spiro atoms. The number of fused-ring (bicyclic) bond motifs is 1. The third kappa shape index (κ3) is 4.00. The number of hydrogen-bond acceptors (Lipinski definition) is 4. The van der Waals surface area contributed by atoms with Gasteiger partial charge in [0, 0.05) is 50.2 Å². The van der Waals surface area contributed by atoms with Gasteiger partial charge in [-0.05, 0) is 29.3 Å². The summed E-state index contributed by atoms with van der Waals surface area (Å²) in [6.07, 6.45) is 1.12. The highest BCUT2D eigenvalue weighted by Gasteiger charge is 2.30. The van der Waals surface area contributed by atoms with Crippen molar-refractivity contribution in [2.75, 3.05) is 45.0 Å². The van der Waals surface area contributed by atoms with Gasteiger partial charge in [-0.15, -0.1) is 11.8 Å². The lowest BCUT2D eigenvalue weighted by Crippen LogP contribution is -2.49. The summed E-state index contributed by atoms with van der Waals surface area (Å²) in [6, 6.07) is 15.3. The Morgan fingerprint density at radius 2 is 1.88 bits per heavy atom. The van der Waals surface area contributed by atoms with Crippen molar-refractivity contribution in [1.29, 1.82) is 0 Å². The molecule has 4 nitrogen and oxygen atoms in total. The van der Waals surface area contributed by atoms with E-state index in [4.69, 9.17) is 0 Å². The Hall–Kier alpha value is -1.56. The van der Waals surface area contributed by atoms with Crippen molar-refractivity contribution in [3.8, 4) is 0 Å². The van der Waals surface area contributed by atoms with Crippen LogP contribution in [0.25, 0.3) is 10.8 Å². The quantitative estimate of drug-likeness (QED) is 0.855. The molecule has 0 saturated carbocycles. The number of hydrogen-bond donors (Lipinski definition) is 1. The number of benzene rings is 2. The Morgan fingerprint density at radius 3 is 2.72 bits per heavy atom. The molecule has 2 saturated heterocycles. The predicted octanol–water partition coefficient (Wildman–Crippen LogP) is 2.44. The van der Waals surface area contributed by atoms with Crippen LogP contribution < -0.4 is 5.32 Å². The van der Waals surface area contributed by atoms with E-state index < -0.39 is 0 Å². The van der Waals surface area contributed by atoms with Gasteiger partial charge in [-0.3, -0.25) is 9.69 Å². The van der Waals surface area contributed by atoms with Gasteiger partial charge in [0.05, 0.1) is 5.75 Å². The Balaban J connectivity index is 1.31. The van der Waals surface area contributed by atoms with Crippen molar-refractivity contribution in [3.63, 3.8) is 0 Å². The monoisotopic (exact) mass is 355 g/mol. The van der Waals surface area contributed by atoms with E-state index in [1.165, 1.54) is 15.7 Å². The molecule has 2 fully saturated rings. The zero-order valence-corrected chi connectivity index (χ0v) is 15.3. The highest BCUT2D eigenvalue weighted by Crippen LogP contribution is 2.25. The van der Waals surface area contributed by atoms with Crippen molar-refractivity contribution in [2.24, 2.45) is 0 Å². The zero-order valence-electron chi connectivity index (χ0n) is 14.5. The van der Waals surface area contributed by atoms with Crippen LogP contribution in [0.4, 0.5) is 0 Å². The van der Waals surface area contributed by atoms with Gasteiger partial charge in [-0.25, -0.2) is 0 Å². The molecule has 2 aromatic rings. The molecule has 2 aliphatic heterocycles. The highest BCUT2D eigenvalue weighted by atomic mass is 32.2. The number of carbonyl (C=O) groups is 1. The largest absolute Gasteiger partial charge is 0.340 e. The van der Waals surface area contributed by atoms with Gasteiger partial charge >= 0.3 is 0 Å². The number of nitrogens with zero attached hydrogens (tertiary/aromatic N) is 2. The predicted molar refractivity (Wildman–Crippen MR) is 104 cm³/mol. The highest BCUT2D eigenvalue weighted by molar-refractivity contribution is 8.00. The minimum absolute atomic E-state index is 0.274. The van der Waals surface area contributed by atoms with E-state index in [1.54, 1.807) is 11.8 Å². The minimum Gasteiger partial charge on any atom is -0.340 e. The standard InChI is InChI=1S/C20H25N3OS/c24-20(23-10-7-18(14-23)22-11-8-21-9-12-22)15-25-19-6-5-16-3-1-2-4-17(16)13-19/h1-6,13,18,21H,7-12,14-15H2. The molecule has 25 heavy (non-hydrogen) atoms. The summed E-state index contributed by atoms with van der Waals surface area (Å²) >= 11 is 1.65. The zero-order chi connectivity index (χ0) is 17.1. The fourth-order valence-electron chi connectivity index (χ4n) is 3.81. The molecule has 2 aliphatic rings. The first-order valence-electron chi connectivity index (χ1n) is 9.14. The first-order chi connectivity index (χ1) is 12.3. The van der Waals surface area contributed by atoms with Crippen LogP contribution in [-0.4, -0.2) is 66.8 Å². The third-order valence-corrected chi connectivity index (χ3v) is 6.25. The molecule has 5 heteroatoms. The van der Waals surface area contributed by atoms with Gasteiger partial charge in [0.25, 0.3) is 0 Å². The van der Waals surface area contributed by atoms with Crippen molar-refractivity contribution < 1.29 is 4.79 Å². The summed E-state index contributed by atoms with van der Waals surface area (Å²) in [7, 11) is 0. The summed E-state index contributed by atoms with van der Waals surface area (Å²) < 4.78 is 0. The SMILES string of the molecule is O=C(CSc1ccc2ccccc2c1)N1CCC(N2CCNCC2)C1. The van der Waals surface area contributed by atoms with Crippen molar-refractivity contribution in [2.45, 2.75) is 17.4 Å². The van der Waals surface area contributed by atoms with Gasteiger partial charge in [0.15, 0.2) is 0 Å². The molecule has 1 amide bonds. The smallest absolute Gasteiger partial charge is 0.232 e. The lowest BCUT2D eigenvalue weighted by Gasteiger charge is -2.32. The maximum atomic E-state index is 12.6. The Morgan fingerprint density at radius 1 is 1.08 bits per heavy atom. The second-order valence-corrected chi connectivity index (χ2v) is 7.91. The molecule has 2 heterocycles. The lowest BCUT2D eigenvalue weighted by molar-refractivity contribution is -0.127. The Bertz CT molecular complexity index is 745. The first kappa shape index (κ1) is 16.9. The van der Waals surface area contributed by atoms with E-state index in [2.05, 4.69) is 57.6 Å². The molecule has 0 radical (unpaired) electrons. The number of carbonyl (C=O) groups excluding carboxylic acids is 1. The third-order valence-electron chi connectivity index (χ3n) is 5.27. The first-order valence-corrected chi connectivity index (χ1v) is 10.1. The number of nitrogens with one attached hydrogen (secondary N) is 1. The number of thioether (sulfide) groups is 1. The maximum absolute atomic E-state index is 12.6. The van der Waals surface area contributed by atoms with Gasteiger partial charge in [0.2, 0.25) is 5.91 Å². The van der Waals surface area contributed by atoms with Crippen molar-refractivity contribution in [3.05, 3.63) is 42.5 Å². The summed E-state index contributed by atoms with van der Waals surface area (Å²) in [4.78, 5) is 18.4. The molecular weight excluding hydrogens is 330 g/mol. The normalized spacial score (nSPS) is 21.8. The Kier molecular flexibility index (Phi) is 5.25. The van der Waals surface area contributed by atoms with Crippen LogP contribution in [0.15, 0.2) is 47.4 Å². The van der Waals surface area contributed by atoms with Gasteiger partial charge < -0.3 is 10.2 Å². The average Bonchev–Trinajstić information content (AvgIpc) is 3.17. The molecule has 1 unspecified atom stereocenters. The van der Waals surface area contributed by atoms with E-state index in [1.807, 2.05) is 0 Å². The molecule has 0 bridgehead atoms. The van der Waals surface area contributed by atoms with Gasteiger partial charge in [-0.1, -0.05) is 30.3 Å². The second kappa shape index (κ2) is 7.77. The van der Waals surface area contributed by atoms with Crippen molar-refractivity contribution >= 4 is 28.4 Å². The van der Waals surface area contributed by atoms with Crippen LogP contribution in [0, 0.1) is 0 Å². The number of likely N-dealkylation sites (tertiary alicyclic amines) is 1. The van der Waals surface area contributed by atoms with Crippen LogP contribution in [0.1, 0.15) is 6.42 Å². The van der Waals surface area contributed by atoms with Crippen LogP contribution in [0.5, 0.6) is 0 Å². The molecule has 1 atom stereocenters. The van der Waals surface area contributed by atoms with E-state index in [0.29, 0.717) is 11.8 Å². The topological polar surface area (TPSA) is 35.6 Å². The van der Waals surface area contributed by atoms with E-state index in [-0.39, 0.29) is 5.91 Å². The molecule has 4 rings (SSSR count). The molecular formula is C20H25N3OS. The minimum atomic E-state index is 0.274. The van der Waals surface area contributed by atoms with Crippen LogP contribution in [-0.2, 0) is 4.79 Å². The Labute approximate surface area is 153 Å². The summed E-state index contributed by atoms with van der Waals surface area (Å²) in [5, 5.41) is 5.88. The number of rotatable bonds is 4. The van der Waals surface area contributed by atoms with E-state index >= 15 is 0 Å². The van der Waals surface area contributed by atoms with Crippen LogP contribution in [0.2, 0.25) is 0 Å². The van der Waals surface area contributed by atoms with Crippen LogP contribution in [0.3, 0.4) is 0 Å². The molecule has 0 aliphatic carbocycles. The average molecular weight is 356 g/mol. The number of piperazine rings is 1. The summed E-state index contributed by atoms with van der Waals surface area (Å²) in [5.74, 6) is 0.808. The molecule has 1 N–H and O–H groups in total. The van der Waals surface area contributed by atoms with Gasteiger partial charge in [0.1, 0.15) is 0 Å². The maximum Gasteiger partial charge on any atom is 0.232 e. The van der Waals surface area contributed by atoms with Crippen LogP contribution >= 0.6 is 11.8 Å². The lowest BCUT2D eigenvalue weighted by atomic mass is 10.1. The summed E-state index contributed by atoms with van der Waals surface area (Å²) in [6.45, 7) is 6.17. The van der Waals surface area contributed by atoms with Gasteiger partial charge in [-0.2, -0.15) is 0 Å². The summed E-state index contributed by atoms with van der Waals surface area (Å²) in [5.41, 5.74) is 0.